The predicted octanol–water partition coefficient (Wildman–Crippen LogP) is 3.64. The Morgan fingerprint density at radius 1 is 1.08 bits per heavy atom. The quantitative estimate of drug-likeness (QED) is 0.356. The molecule has 2 atom stereocenters. The van der Waals surface area contributed by atoms with Crippen LogP contribution in [0.1, 0.15) is 31.7 Å². The molecule has 0 radical (unpaired) electrons. The lowest BCUT2D eigenvalue weighted by Crippen LogP contribution is -2.49. The summed E-state index contributed by atoms with van der Waals surface area (Å²) < 4.78 is 0. The maximum absolute atomic E-state index is 13.0. The first kappa shape index (κ1) is 26.7. The molecule has 1 unspecified atom stereocenters. The van der Waals surface area contributed by atoms with E-state index >= 15 is 0 Å². The maximum Gasteiger partial charge on any atom is 0.242 e. The Morgan fingerprint density at radius 2 is 1.84 bits per heavy atom. The second-order valence-corrected chi connectivity index (χ2v) is 10.8. The van der Waals surface area contributed by atoms with Gasteiger partial charge in [0.25, 0.3) is 0 Å². The second kappa shape index (κ2) is 12.7. The summed E-state index contributed by atoms with van der Waals surface area (Å²) in [5.41, 5.74) is 7.36. The van der Waals surface area contributed by atoms with E-state index in [0.717, 1.165) is 26.9 Å². The van der Waals surface area contributed by atoms with Crippen LogP contribution in [0.4, 0.5) is 5.69 Å². The summed E-state index contributed by atoms with van der Waals surface area (Å²) in [6, 6.07) is 21.2. The fraction of sp³-hybridized carbons (Fsp3) is 0.345. The number of fused-ring (bicyclic) bond motifs is 2. The lowest BCUT2D eigenvalue weighted by atomic mass is 10.0. The summed E-state index contributed by atoms with van der Waals surface area (Å²) in [6.45, 7) is 3.22. The molecule has 8 heteroatoms. The largest absolute Gasteiger partial charge is 0.354 e. The minimum absolute atomic E-state index is 0.00462. The van der Waals surface area contributed by atoms with Crippen LogP contribution >= 0.6 is 11.8 Å². The zero-order valence-corrected chi connectivity index (χ0v) is 21.9. The third-order valence-electron chi connectivity index (χ3n) is 6.40. The molecule has 3 amide bonds. The summed E-state index contributed by atoms with van der Waals surface area (Å²) in [5.74, 6) is -0.503. The van der Waals surface area contributed by atoms with Crippen molar-refractivity contribution in [2.24, 2.45) is 5.73 Å². The highest BCUT2D eigenvalue weighted by Crippen LogP contribution is 2.37. The molecule has 0 fully saturated rings. The van der Waals surface area contributed by atoms with Gasteiger partial charge >= 0.3 is 0 Å². The highest BCUT2D eigenvalue weighted by Gasteiger charge is 2.27. The average Bonchev–Trinajstić information content (AvgIpc) is 3.01. The first-order valence-electron chi connectivity index (χ1n) is 12.8. The van der Waals surface area contributed by atoms with Crippen LogP contribution in [-0.4, -0.2) is 48.6 Å². The van der Waals surface area contributed by atoms with E-state index in [4.69, 9.17) is 5.73 Å². The molecule has 1 aliphatic heterocycles. The molecule has 37 heavy (non-hydrogen) atoms. The minimum atomic E-state index is -0.728. The third-order valence-corrected chi connectivity index (χ3v) is 7.56. The van der Waals surface area contributed by atoms with E-state index < -0.39 is 6.04 Å². The van der Waals surface area contributed by atoms with Gasteiger partial charge in [-0.1, -0.05) is 61.5 Å². The first-order valence-corrected chi connectivity index (χ1v) is 13.6. The van der Waals surface area contributed by atoms with Gasteiger partial charge in [0.05, 0.1) is 5.69 Å². The second-order valence-electron chi connectivity index (χ2n) is 9.33. The molecule has 0 aromatic heterocycles. The summed E-state index contributed by atoms with van der Waals surface area (Å²) in [4.78, 5) is 41.7. The molecular weight excluding hydrogens is 484 g/mol. The van der Waals surface area contributed by atoms with Crippen LogP contribution in [0.3, 0.4) is 0 Å². The molecular formula is C29H34N4O3S. The van der Waals surface area contributed by atoms with E-state index in [0.29, 0.717) is 32.4 Å². The SMILES string of the molecule is CC1CC(=O)N(CCC(=O)N[C@H](Cc2ccc3ccccc3c2)C(=O)NCCCN)c2ccccc2S1. The minimum Gasteiger partial charge on any atom is -0.354 e. The van der Waals surface area contributed by atoms with Gasteiger partial charge in [0.1, 0.15) is 6.04 Å². The molecule has 194 valence electrons. The molecule has 0 saturated heterocycles. The molecule has 0 spiro atoms. The van der Waals surface area contributed by atoms with Crippen LogP contribution in [-0.2, 0) is 20.8 Å². The number of amides is 3. The number of nitrogens with one attached hydrogen (secondary N) is 2. The smallest absolute Gasteiger partial charge is 0.242 e. The van der Waals surface area contributed by atoms with Crippen LogP contribution in [0.2, 0.25) is 0 Å². The summed E-state index contributed by atoms with van der Waals surface area (Å²) in [5, 5.41) is 8.17. The Bertz CT molecular complexity index is 1260. The van der Waals surface area contributed by atoms with Gasteiger partial charge < -0.3 is 21.3 Å². The van der Waals surface area contributed by atoms with Crippen molar-refractivity contribution in [3.8, 4) is 0 Å². The van der Waals surface area contributed by atoms with E-state index in [-0.39, 0.29) is 35.9 Å². The van der Waals surface area contributed by atoms with Crippen LogP contribution < -0.4 is 21.3 Å². The van der Waals surface area contributed by atoms with Gasteiger partial charge in [0, 0.05) is 42.5 Å². The van der Waals surface area contributed by atoms with Crippen LogP contribution in [0.5, 0.6) is 0 Å². The normalized spacial score (nSPS) is 16.1. The Labute approximate surface area is 222 Å². The molecule has 4 rings (SSSR count). The van der Waals surface area contributed by atoms with E-state index in [1.165, 1.54) is 0 Å². The standard InChI is InChI=1S/C29H34N4O3S/c1-20-17-28(35)33(25-9-4-5-10-26(25)37-20)16-13-27(34)32-24(29(36)31-15-6-14-30)19-21-11-12-22-7-2-3-8-23(22)18-21/h2-5,7-12,18,20,24H,6,13-17,19,30H2,1H3,(H,31,36)(H,32,34)/t20?,24-/m1/s1. The van der Waals surface area contributed by atoms with Crippen molar-refractivity contribution in [3.63, 3.8) is 0 Å². The highest BCUT2D eigenvalue weighted by molar-refractivity contribution is 8.00. The molecule has 0 aliphatic carbocycles. The van der Waals surface area contributed by atoms with Crippen molar-refractivity contribution < 1.29 is 14.4 Å². The molecule has 3 aromatic carbocycles. The molecule has 3 aromatic rings. The van der Waals surface area contributed by atoms with E-state index in [9.17, 15) is 14.4 Å². The zero-order chi connectivity index (χ0) is 26.2. The number of anilines is 1. The van der Waals surface area contributed by atoms with Gasteiger partial charge in [-0.25, -0.2) is 0 Å². The lowest BCUT2D eigenvalue weighted by Gasteiger charge is -2.23. The number of thioether (sulfide) groups is 1. The fourth-order valence-corrected chi connectivity index (χ4v) is 5.62. The number of carbonyl (C=O) groups is 3. The number of hydrogen-bond donors (Lipinski definition) is 3. The topological polar surface area (TPSA) is 105 Å². The average molecular weight is 519 g/mol. The number of para-hydroxylation sites is 1. The summed E-state index contributed by atoms with van der Waals surface area (Å²) >= 11 is 1.68. The lowest BCUT2D eigenvalue weighted by molar-refractivity contribution is -0.129. The predicted molar refractivity (Wildman–Crippen MR) is 150 cm³/mol. The zero-order valence-electron chi connectivity index (χ0n) is 21.1. The van der Waals surface area contributed by atoms with Crippen molar-refractivity contribution in [1.29, 1.82) is 0 Å². The monoisotopic (exact) mass is 518 g/mol. The Kier molecular flexibility index (Phi) is 9.19. The molecule has 1 heterocycles. The van der Waals surface area contributed by atoms with Gasteiger partial charge in [0.15, 0.2) is 0 Å². The highest BCUT2D eigenvalue weighted by atomic mass is 32.2. The number of rotatable bonds is 10. The van der Waals surface area contributed by atoms with E-state index in [2.05, 4.69) is 10.6 Å². The number of nitrogens with two attached hydrogens (primary N) is 1. The van der Waals surface area contributed by atoms with Gasteiger partial charge in [-0.3, -0.25) is 14.4 Å². The molecule has 0 saturated carbocycles. The van der Waals surface area contributed by atoms with Crippen molar-refractivity contribution in [2.45, 2.75) is 48.8 Å². The molecule has 1 aliphatic rings. The van der Waals surface area contributed by atoms with Crippen LogP contribution in [0.25, 0.3) is 10.8 Å². The van der Waals surface area contributed by atoms with Crippen molar-refractivity contribution in [2.75, 3.05) is 24.5 Å². The number of benzene rings is 3. The van der Waals surface area contributed by atoms with Gasteiger partial charge in [-0.15, -0.1) is 11.8 Å². The Morgan fingerprint density at radius 3 is 2.65 bits per heavy atom. The van der Waals surface area contributed by atoms with Crippen molar-refractivity contribution >= 4 is 45.9 Å². The Balaban J connectivity index is 1.45. The van der Waals surface area contributed by atoms with Crippen LogP contribution in [0.15, 0.2) is 71.6 Å². The van der Waals surface area contributed by atoms with E-state index in [1.807, 2.05) is 73.7 Å². The van der Waals surface area contributed by atoms with E-state index in [1.54, 1.807) is 16.7 Å². The summed E-state index contributed by atoms with van der Waals surface area (Å²) in [6.07, 6.45) is 1.54. The van der Waals surface area contributed by atoms with Gasteiger partial charge in [0.2, 0.25) is 17.7 Å². The number of hydrogen-bond acceptors (Lipinski definition) is 5. The third kappa shape index (κ3) is 7.11. The van der Waals surface area contributed by atoms with Crippen molar-refractivity contribution in [1.82, 2.24) is 10.6 Å². The summed E-state index contributed by atoms with van der Waals surface area (Å²) in [7, 11) is 0. The molecule has 4 N–H and O–H groups in total. The maximum atomic E-state index is 13.0. The molecule has 7 nitrogen and oxygen atoms in total. The first-order chi connectivity index (χ1) is 17.9. The fourth-order valence-electron chi connectivity index (χ4n) is 4.50. The Hall–Kier alpha value is -3.36. The van der Waals surface area contributed by atoms with Gasteiger partial charge in [-0.05, 0) is 41.4 Å². The molecule has 0 bridgehead atoms. The number of carbonyl (C=O) groups excluding carboxylic acids is 3. The van der Waals surface area contributed by atoms with Crippen molar-refractivity contribution in [3.05, 3.63) is 72.3 Å². The van der Waals surface area contributed by atoms with Crippen LogP contribution in [0, 0.1) is 0 Å². The van der Waals surface area contributed by atoms with Gasteiger partial charge in [-0.2, -0.15) is 0 Å². The number of nitrogens with zero attached hydrogens (tertiary/aromatic N) is 1.